The zero-order valence-corrected chi connectivity index (χ0v) is 18.9. The smallest absolute Gasteiger partial charge is 0.147 e. The van der Waals surface area contributed by atoms with Crippen LogP contribution in [0.5, 0.6) is 11.5 Å². The number of anilines is 1. The maximum atomic E-state index is 9.77. The van der Waals surface area contributed by atoms with Crippen LogP contribution in [-0.2, 0) is 0 Å². The van der Waals surface area contributed by atoms with Gasteiger partial charge in [-0.15, -0.1) is 0 Å². The third-order valence-electron chi connectivity index (χ3n) is 6.12. The lowest BCUT2D eigenvalue weighted by atomic mass is 9.96. The number of benzene rings is 3. The lowest BCUT2D eigenvalue weighted by Crippen LogP contribution is -2.32. The first-order chi connectivity index (χ1) is 15.7. The fourth-order valence-electron chi connectivity index (χ4n) is 4.41. The molecule has 3 aromatic rings. The van der Waals surface area contributed by atoms with Crippen molar-refractivity contribution < 1.29 is 14.6 Å². The van der Waals surface area contributed by atoms with E-state index in [4.69, 9.17) is 9.47 Å². The van der Waals surface area contributed by atoms with Crippen LogP contribution in [0.1, 0.15) is 29.5 Å². The Balaban J connectivity index is 1.71. The Hall–Kier alpha value is -3.42. The minimum Gasteiger partial charge on any atom is -0.494 e. The summed E-state index contributed by atoms with van der Waals surface area (Å²) in [5.74, 6) is 8.05. The van der Waals surface area contributed by atoms with Gasteiger partial charge < -0.3 is 19.5 Å². The number of methoxy groups -OCH3 is 2. The molecule has 3 aromatic carbocycles. The quantitative estimate of drug-likeness (QED) is 0.579. The van der Waals surface area contributed by atoms with Gasteiger partial charge in [-0.3, -0.25) is 0 Å². The van der Waals surface area contributed by atoms with Gasteiger partial charge in [0.15, 0.2) is 0 Å². The van der Waals surface area contributed by atoms with E-state index in [2.05, 4.69) is 54.0 Å². The number of nitrogens with zero attached hydrogens (tertiary/aromatic N) is 1. The van der Waals surface area contributed by atoms with Gasteiger partial charge in [0.1, 0.15) is 17.2 Å². The molecule has 0 bridgehead atoms. The molecule has 4 heteroatoms. The standard InChI is InChI=1S/C28H29NO3/c1-20-22(11-7-13-25(20)23-9-5-4-6-10-23)15-14-21-17-26(31-2)28(27(18-21)32-3)29-16-8-12-24(29)19-30/h4-7,9-11,13,17-18,24,30H,8,12,16,19H2,1-3H3/t24-/m0/s1. The van der Waals surface area contributed by atoms with Crippen LogP contribution >= 0.6 is 0 Å². The summed E-state index contributed by atoms with van der Waals surface area (Å²) in [4.78, 5) is 2.18. The molecule has 32 heavy (non-hydrogen) atoms. The number of ether oxygens (including phenoxy) is 2. The van der Waals surface area contributed by atoms with E-state index in [9.17, 15) is 5.11 Å². The highest BCUT2D eigenvalue weighted by Crippen LogP contribution is 2.42. The fourth-order valence-corrected chi connectivity index (χ4v) is 4.41. The molecule has 1 saturated heterocycles. The van der Waals surface area contributed by atoms with E-state index in [0.29, 0.717) is 11.5 Å². The molecule has 0 saturated carbocycles. The lowest BCUT2D eigenvalue weighted by molar-refractivity contribution is 0.265. The van der Waals surface area contributed by atoms with Crippen molar-refractivity contribution in [2.24, 2.45) is 0 Å². The molecule has 0 aromatic heterocycles. The Kier molecular flexibility index (Phi) is 6.68. The molecule has 0 unspecified atom stereocenters. The molecule has 0 aliphatic carbocycles. The van der Waals surface area contributed by atoms with Crippen molar-refractivity contribution in [2.45, 2.75) is 25.8 Å². The van der Waals surface area contributed by atoms with E-state index in [1.807, 2.05) is 30.3 Å². The Labute approximate surface area is 190 Å². The average molecular weight is 428 g/mol. The largest absolute Gasteiger partial charge is 0.494 e. The SMILES string of the molecule is COc1cc(C#Cc2cccc(-c3ccccc3)c2C)cc(OC)c1N1CCC[C@H]1CO. The maximum absolute atomic E-state index is 9.77. The highest BCUT2D eigenvalue weighted by Gasteiger charge is 2.29. The van der Waals surface area contributed by atoms with Gasteiger partial charge in [0, 0.05) is 17.7 Å². The molecule has 0 spiro atoms. The van der Waals surface area contributed by atoms with Gasteiger partial charge in [0.2, 0.25) is 0 Å². The maximum Gasteiger partial charge on any atom is 0.147 e. The van der Waals surface area contributed by atoms with Crippen LogP contribution in [0.25, 0.3) is 11.1 Å². The molecular weight excluding hydrogens is 398 g/mol. The van der Waals surface area contributed by atoms with Gasteiger partial charge in [-0.2, -0.15) is 0 Å². The van der Waals surface area contributed by atoms with E-state index in [1.54, 1.807) is 14.2 Å². The van der Waals surface area contributed by atoms with Crippen molar-refractivity contribution in [3.05, 3.63) is 77.4 Å². The van der Waals surface area contributed by atoms with Crippen molar-refractivity contribution in [1.29, 1.82) is 0 Å². The Morgan fingerprint density at radius 3 is 2.34 bits per heavy atom. The van der Waals surface area contributed by atoms with Crippen LogP contribution in [0.3, 0.4) is 0 Å². The summed E-state index contributed by atoms with van der Waals surface area (Å²) in [6, 6.07) is 20.6. The Morgan fingerprint density at radius 2 is 1.69 bits per heavy atom. The molecule has 0 radical (unpaired) electrons. The van der Waals surface area contributed by atoms with Crippen molar-refractivity contribution in [1.82, 2.24) is 0 Å². The van der Waals surface area contributed by atoms with Crippen LogP contribution in [0, 0.1) is 18.8 Å². The number of hydrogen-bond donors (Lipinski definition) is 1. The molecule has 1 heterocycles. The predicted octanol–water partition coefficient (Wildman–Crippen LogP) is 5.04. The van der Waals surface area contributed by atoms with Crippen LogP contribution in [-0.4, -0.2) is 38.5 Å². The highest BCUT2D eigenvalue weighted by atomic mass is 16.5. The summed E-state index contributed by atoms with van der Waals surface area (Å²) >= 11 is 0. The third kappa shape index (κ3) is 4.30. The van der Waals surface area contributed by atoms with E-state index < -0.39 is 0 Å². The monoisotopic (exact) mass is 427 g/mol. The second kappa shape index (κ2) is 9.80. The van der Waals surface area contributed by atoms with E-state index in [0.717, 1.165) is 41.8 Å². The summed E-state index contributed by atoms with van der Waals surface area (Å²) in [7, 11) is 3.32. The molecule has 4 nitrogen and oxygen atoms in total. The minimum absolute atomic E-state index is 0.0816. The van der Waals surface area contributed by atoms with Gasteiger partial charge in [0.05, 0.1) is 26.9 Å². The van der Waals surface area contributed by atoms with Crippen molar-refractivity contribution in [3.63, 3.8) is 0 Å². The van der Waals surface area contributed by atoms with Crippen LogP contribution in [0.4, 0.5) is 5.69 Å². The molecule has 1 aliphatic heterocycles. The summed E-state index contributed by atoms with van der Waals surface area (Å²) < 4.78 is 11.4. The predicted molar refractivity (Wildman–Crippen MR) is 130 cm³/mol. The van der Waals surface area contributed by atoms with E-state index >= 15 is 0 Å². The molecule has 1 N–H and O–H groups in total. The molecule has 1 atom stereocenters. The Morgan fingerprint density at radius 1 is 0.969 bits per heavy atom. The zero-order chi connectivity index (χ0) is 22.5. The van der Waals surface area contributed by atoms with Crippen LogP contribution in [0.15, 0.2) is 60.7 Å². The normalized spacial score (nSPS) is 15.2. The summed E-state index contributed by atoms with van der Waals surface area (Å²) in [6.07, 6.45) is 2.00. The number of aliphatic hydroxyl groups excluding tert-OH is 1. The van der Waals surface area contributed by atoms with Crippen LogP contribution < -0.4 is 14.4 Å². The number of aliphatic hydroxyl groups is 1. The van der Waals surface area contributed by atoms with E-state index in [-0.39, 0.29) is 12.6 Å². The topological polar surface area (TPSA) is 41.9 Å². The first-order valence-corrected chi connectivity index (χ1v) is 11.0. The van der Waals surface area contributed by atoms with Crippen molar-refractivity contribution >= 4 is 5.69 Å². The van der Waals surface area contributed by atoms with Crippen LogP contribution in [0.2, 0.25) is 0 Å². The van der Waals surface area contributed by atoms with Crippen molar-refractivity contribution in [2.75, 3.05) is 32.3 Å². The summed E-state index contributed by atoms with van der Waals surface area (Å²) in [5.41, 5.74) is 6.24. The second-order valence-electron chi connectivity index (χ2n) is 8.00. The zero-order valence-electron chi connectivity index (χ0n) is 18.9. The minimum atomic E-state index is 0.0816. The number of hydrogen-bond acceptors (Lipinski definition) is 4. The lowest BCUT2D eigenvalue weighted by Gasteiger charge is -2.28. The molecule has 1 fully saturated rings. The van der Waals surface area contributed by atoms with E-state index in [1.165, 1.54) is 11.1 Å². The molecule has 0 amide bonds. The van der Waals surface area contributed by atoms with Gasteiger partial charge >= 0.3 is 0 Å². The Bertz CT molecular complexity index is 1120. The molecule has 1 aliphatic rings. The number of rotatable bonds is 5. The first kappa shape index (κ1) is 21.8. The van der Waals surface area contributed by atoms with Gasteiger partial charge in [0.25, 0.3) is 0 Å². The third-order valence-corrected chi connectivity index (χ3v) is 6.12. The first-order valence-electron chi connectivity index (χ1n) is 11.0. The molecule has 164 valence electrons. The average Bonchev–Trinajstić information content (AvgIpc) is 3.31. The highest BCUT2D eigenvalue weighted by molar-refractivity contribution is 5.73. The van der Waals surface area contributed by atoms with Crippen molar-refractivity contribution in [3.8, 4) is 34.5 Å². The summed E-state index contributed by atoms with van der Waals surface area (Å²) in [5, 5.41) is 9.77. The molecular formula is C28H29NO3. The second-order valence-corrected chi connectivity index (χ2v) is 8.00. The van der Waals surface area contributed by atoms with Gasteiger partial charge in [-0.05, 0) is 54.7 Å². The van der Waals surface area contributed by atoms with Gasteiger partial charge in [-0.1, -0.05) is 54.3 Å². The molecule has 4 rings (SSSR count). The van der Waals surface area contributed by atoms with Gasteiger partial charge in [-0.25, -0.2) is 0 Å². The summed E-state index contributed by atoms with van der Waals surface area (Å²) in [6.45, 7) is 3.10. The fraction of sp³-hybridized carbons (Fsp3) is 0.286.